The largest absolute Gasteiger partial charge is 0.395 e. The van der Waals surface area contributed by atoms with Crippen molar-refractivity contribution in [3.05, 3.63) is 48.0 Å². The fourth-order valence-electron chi connectivity index (χ4n) is 3.27. The van der Waals surface area contributed by atoms with Crippen molar-refractivity contribution >= 4 is 22.6 Å². The highest BCUT2D eigenvalue weighted by molar-refractivity contribution is 5.89. The predicted molar refractivity (Wildman–Crippen MR) is 95.9 cm³/mol. The number of amides is 2. The van der Waals surface area contributed by atoms with Crippen molar-refractivity contribution in [3.63, 3.8) is 0 Å². The van der Waals surface area contributed by atoms with Gasteiger partial charge in [-0.2, -0.15) is 0 Å². The van der Waals surface area contributed by atoms with E-state index < -0.39 is 6.04 Å². The van der Waals surface area contributed by atoms with Crippen molar-refractivity contribution in [1.82, 2.24) is 15.5 Å². The first kappa shape index (κ1) is 17.4. The second-order valence-corrected chi connectivity index (χ2v) is 6.19. The molecule has 0 aliphatic carbocycles. The molecule has 25 heavy (non-hydrogen) atoms. The van der Waals surface area contributed by atoms with E-state index in [0.717, 1.165) is 5.56 Å². The summed E-state index contributed by atoms with van der Waals surface area (Å²) in [6, 6.07) is 13.8. The first-order chi connectivity index (χ1) is 12.2. The quantitative estimate of drug-likeness (QED) is 0.720. The first-order valence-corrected chi connectivity index (χ1v) is 8.55. The number of carbonyl (C=O) groups excluding carboxylic acids is 2. The third-order valence-corrected chi connectivity index (χ3v) is 4.51. The van der Waals surface area contributed by atoms with Crippen LogP contribution in [-0.4, -0.2) is 54.1 Å². The molecule has 6 nitrogen and oxygen atoms in total. The van der Waals surface area contributed by atoms with Crippen LogP contribution in [0.4, 0.5) is 0 Å². The number of carbonyl (C=O) groups is 2. The average Bonchev–Trinajstić information content (AvgIpc) is 2.63. The van der Waals surface area contributed by atoms with Gasteiger partial charge in [-0.15, -0.1) is 0 Å². The minimum absolute atomic E-state index is 0.0938. The summed E-state index contributed by atoms with van der Waals surface area (Å²) in [6.45, 7) is 2.00. The number of hydrogen-bond donors (Lipinski definition) is 3. The maximum absolute atomic E-state index is 12.3. The molecule has 0 bridgehead atoms. The number of benzene rings is 2. The van der Waals surface area contributed by atoms with Crippen molar-refractivity contribution in [2.45, 2.75) is 19.0 Å². The predicted octanol–water partition coefficient (Wildman–Crippen LogP) is 0.639. The maximum Gasteiger partial charge on any atom is 0.237 e. The lowest BCUT2D eigenvalue weighted by atomic mass is 10.0. The minimum Gasteiger partial charge on any atom is -0.395 e. The third kappa shape index (κ3) is 4.15. The Morgan fingerprint density at radius 2 is 2.04 bits per heavy atom. The Kier molecular flexibility index (Phi) is 5.63. The lowest BCUT2D eigenvalue weighted by Gasteiger charge is -2.35. The fourth-order valence-corrected chi connectivity index (χ4v) is 3.27. The highest BCUT2D eigenvalue weighted by Gasteiger charge is 2.31. The highest BCUT2D eigenvalue weighted by atomic mass is 16.3. The fraction of sp³-hybridized carbons (Fsp3) is 0.368. The van der Waals surface area contributed by atoms with Crippen LogP contribution in [0.1, 0.15) is 12.0 Å². The van der Waals surface area contributed by atoms with Gasteiger partial charge in [-0.1, -0.05) is 42.5 Å². The molecule has 1 heterocycles. The van der Waals surface area contributed by atoms with Gasteiger partial charge < -0.3 is 15.7 Å². The molecule has 3 N–H and O–H groups in total. The molecule has 3 rings (SSSR count). The van der Waals surface area contributed by atoms with Gasteiger partial charge in [0.25, 0.3) is 0 Å². The summed E-state index contributed by atoms with van der Waals surface area (Å²) in [6.07, 6.45) is 0.0938. The molecule has 0 saturated carbocycles. The molecular weight excluding hydrogens is 318 g/mol. The van der Waals surface area contributed by atoms with Crippen LogP contribution in [0.25, 0.3) is 10.8 Å². The zero-order valence-electron chi connectivity index (χ0n) is 14.1. The molecule has 1 atom stereocenters. The molecule has 2 amide bonds. The minimum atomic E-state index is -0.494. The molecule has 1 aliphatic rings. The van der Waals surface area contributed by atoms with E-state index in [0.29, 0.717) is 19.6 Å². The van der Waals surface area contributed by atoms with Crippen molar-refractivity contribution in [3.8, 4) is 0 Å². The van der Waals surface area contributed by atoms with Gasteiger partial charge in [-0.25, -0.2) is 0 Å². The van der Waals surface area contributed by atoms with Gasteiger partial charge in [-0.05, 0) is 16.3 Å². The van der Waals surface area contributed by atoms with E-state index in [1.807, 2.05) is 18.2 Å². The number of nitrogens with one attached hydrogen (secondary N) is 2. The van der Waals surface area contributed by atoms with Crippen molar-refractivity contribution in [2.24, 2.45) is 0 Å². The summed E-state index contributed by atoms with van der Waals surface area (Å²) in [7, 11) is 0. The second-order valence-electron chi connectivity index (χ2n) is 6.19. The smallest absolute Gasteiger partial charge is 0.237 e. The lowest BCUT2D eigenvalue weighted by Crippen LogP contribution is -2.56. The summed E-state index contributed by atoms with van der Waals surface area (Å²) >= 11 is 0. The van der Waals surface area contributed by atoms with Gasteiger partial charge in [-0.3, -0.25) is 14.5 Å². The van der Waals surface area contributed by atoms with Crippen molar-refractivity contribution < 1.29 is 14.7 Å². The lowest BCUT2D eigenvalue weighted by molar-refractivity contribution is -0.134. The summed E-state index contributed by atoms with van der Waals surface area (Å²) in [5.74, 6) is -0.343. The molecular formula is C19H23N3O3. The number of aliphatic hydroxyl groups is 1. The van der Waals surface area contributed by atoms with Crippen molar-refractivity contribution in [1.29, 1.82) is 0 Å². The zero-order valence-corrected chi connectivity index (χ0v) is 14.1. The Balaban J connectivity index is 1.78. The summed E-state index contributed by atoms with van der Waals surface area (Å²) in [4.78, 5) is 26.3. The first-order valence-electron chi connectivity index (χ1n) is 8.55. The van der Waals surface area contributed by atoms with Crippen LogP contribution in [0.3, 0.4) is 0 Å². The van der Waals surface area contributed by atoms with Crippen LogP contribution in [0.2, 0.25) is 0 Å². The van der Waals surface area contributed by atoms with Gasteiger partial charge in [0.15, 0.2) is 0 Å². The Hall–Kier alpha value is -2.44. The molecule has 1 aliphatic heterocycles. The van der Waals surface area contributed by atoms with Crippen molar-refractivity contribution in [2.75, 3.05) is 26.2 Å². The Labute approximate surface area is 146 Å². The van der Waals surface area contributed by atoms with Crippen LogP contribution in [0, 0.1) is 0 Å². The third-order valence-electron chi connectivity index (χ3n) is 4.51. The molecule has 1 saturated heterocycles. The van der Waals surface area contributed by atoms with E-state index in [4.69, 9.17) is 5.11 Å². The number of nitrogens with zero attached hydrogens (tertiary/aromatic N) is 1. The van der Waals surface area contributed by atoms with Crippen LogP contribution < -0.4 is 10.6 Å². The molecule has 2 aromatic rings. The molecule has 0 unspecified atom stereocenters. The Morgan fingerprint density at radius 1 is 1.24 bits per heavy atom. The SMILES string of the molecule is O=C(C[C@@H]1C(=O)NCCN1Cc1cccc2ccccc12)NCCO. The number of piperazine rings is 1. The summed E-state index contributed by atoms with van der Waals surface area (Å²) in [5, 5.41) is 16.6. The van der Waals surface area contributed by atoms with E-state index in [1.54, 1.807) is 0 Å². The van der Waals surface area contributed by atoms with Crippen LogP contribution in [0.15, 0.2) is 42.5 Å². The average molecular weight is 341 g/mol. The standard InChI is InChI=1S/C19H23N3O3/c23-11-9-20-18(24)12-17-19(25)21-8-10-22(17)13-15-6-3-5-14-4-1-2-7-16(14)15/h1-7,17,23H,8-13H2,(H,20,24)(H,21,25)/t17-/m1/s1. The maximum atomic E-state index is 12.3. The molecule has 2 aromatic carbocycles. The Bertz CT molecular complexity index is 757. The molecule has 1 fully saturated rings. The van der Waals surface area contributed by atoms with Crippen LogP contribution in [0.5, 0.6) is 0 Å². The number of aliphatic hydroxyl groups excluding tert-OH is 1. The van der Waals surface area contributed by atoms with E-state index in [-0.39, 0.29) is 31.4 Å². The second kappa shape index (κ2) is 8.09. The zero-order chi connectivity index (χ0) is 17.6. The van der Waals surface area contributed by atoms with Gasteiger partial charge >= 0.3 is 0 Å². The van der Waals surface area contributed by atoms with Gasteiger partial charge in [0.1, 0.15) is 0 Å². The van der Waals surface area contributed by atoms with Gasteiger partial charge in [0.05, 0.1) is 19.1 Å². The molecule has 6 heteroatoms. The van der Waals surface area contributed by atoms with Crippen LogP contribution >= 0.6 is 0 Å². The number of rotatable bonds is 6. The summed E-state index contributed by atoms with van der Waals surface area (Å²) < 4.78 is 0. The molecule has 0 spiro atoms. The topological polar surface area (TPSA) is 81.7 Å². The number of hydrogen-bond acceptors (Lipinski definition) is 4. The van der Waals surface area contributed by atoms with E-state index in [2.05, 4.69) is 39.8 Å². The molecule has 132 valence electrons. The van der Waals surface area contributed by atoms with E-state index >= 15 is 0 Å². The molecule has 0 radical (unpaired) electrons. The highest BCUT2D eigenvalue weighted by Crippen LogP contribution is 2.22. The molecule has 0 aromatic heterocycles. The summed E-state index contributed by atoms with van der Waals surface area (Å²) in [5.41, 5.74) is 1.15. The monoisotopic (exact) mass is 341 g/mol. The van der Waals surface area contributed by atoms with E-state index in [9.17, 15) is 9.59 Å². The van der Waals surface area contributed by atoms with Crippen LogP contribution in [-0.2, 0) is 16.1 Å². The number of fused-ring (bicyclic) bond motifs is 1. The Morgan fingerprint density at radius 3 is 2.88 bits per heavy atom. The normalized spacial score (nSPS) is 18.1. The van der Waals surface area contributed by atoms with E-state index in [1.165, 1.54) is 10.8 Å². The van der Waals surface area contributed by atoms with Gasteiger partial charge in [0, 0.05) is 26.2 Å². The van der Waals surface area contributed by atoms with Gasteiger partial charge in [0.2, 0.25) is 11.8 Å².